The summed E-state index contributed by atoms with van der Waals surface area (Å²) < 4.78 is 0.970. The van der Waals surface area contributed by atoms with Crippen molar-refractivity contribution in [1.29, 1.82) is 0 Å². The van der Waals surface area contributed by atoms with Crippen molar-refractivity contribution in [3.8, 4) is 0 Å². The van der Waals surface area contributed by atoms with Crippen LogP contribution in [-0.4, -0.2) is 62.2 Å². The van der Waals surface area contributed by atoms with Crippen LogP contribution in [0.3, 0.4) is 0 Å². The minimum absolute atomic E-state index is 0.655. The van der Waals surface area contributed by atoms with Gasteiger partial charge >= 0.3 is 112 Å². The normalized spacial score (nSPS) is 32.4. The molecule has 0 aromatic carbocycles. The summed E-state index contributed by atoms with van der Waals surface area (Å²) in [6.45, 7) is 3.11. The van der Waals surface area contributed by atoms with Gasteiger partial charge in [-0.1, -0.05) is 0 Å². The van der Waals surface area contributed by atoms with Crippen LogP contribution in [0.5, 0.6) is 0 Å². The molecular weight excluding hydrogens is 314 g/mol. The van der Waals surface area contributed by atoms with Gasteiger partial charge in [0.1, 0.15) is 0 Å². The fourth-order valence-electron chi connectivity index (χ4n) is 3.38. The van der Waals surface area contributed by atoms with Crippen LogP contribution in [0.2, 0.25) is 24.6 Å². The summed E-state index contributed by atoms with van der Waals surface area (Å²) in [5.41, 5.74) is 0. The van der Waals surface area contributed by atoms with E-state index in [0.717, 1.165) is 9.75 Å². The van der Waals surface area contributed by atoms with Crippen molar-refractivity contribution in [2.75, 3.05) is 27.2 Å². The molecule has 0 spiro atoms. The van der Waals surface area contributed by atoms with Crippen molar-refractivity contribution >= 4 is 25.4 Å². The first-order valence-corrected chi connectivity index (χ1v) is 17.2. The topological polar surface area (TPSA) is 6.48 Å². The van der Waals surface area contributed by atoms with Gasteiger partial charge in [-0.25, -0.2) is 0 Å². The molecule has 0 radical (unpaired) electrons. The second-order valence-electron chi connectivity index (χ2n) is 6.97. The standard InChI is InChI=1S/C10H18BN2.3CH3.Sn/c1-12-8-9-13(2)11(12)10-6-4-3-5-7-10;;;;/h3-4,6,10H,5,7-9H2,1-2H3;3*1H3;. The SMILES string of the molecule is CN1CCN(C)B1C1C=C[CH]([Sn]([CH3])([CH3])[CH3])CC1. The maximum atomic E-state index is 2.57. The molecule has 1 aliphatic heterocycles. The van der Waals surface area contributed by atoms with E-state index in [2.05, 4.69) is 50.7 Å². The van der Waals surface area contributed by atoms with E-state index in [1.54, 1.807) is 0 Å². The van der Waals surface area contributed by atoms with E-state index in [1.165, 1.54) is 25.9 Å². The molecule has 0 saturated carbocycles. The van der Waals surface area contributed by atoms with Gasteiger partial charge < -0.3 is 0 Å². The van der Waals surface area contributed by atoms with E-state index in [9.17, 15) is 0 Å². The third-order valence-corrected chi connectivity index (χ3v) is 12.3. The van der Waals surface area contributed by atoms with Gasteiger partial charge in [-0.3, -0.25) is 0 Å². The van der Waals surface area contributed by atoms with Crippen LogP contribution in [0, 0.1) is 0 Å². The quantitative estimate of drug-likeness (QED) is 0.563. The molecule has 0 aromatic rings. The third-order valence-electron chi connectivity index (χ3n) is 4.61. The Morgan fingerprint density at radius 2 is 1.59 bits per heavy atom. The Labute approximate surface area is 111 Å². The number of hydrogen-bond acceptors (Lipinski definition) is 2. The average Bonchev–Trinajstić information content (AvgIpc) is 2.58. The molecule has 1 heterocycles. The molecule has 2 atom stereocenters. The zero-order chi connectivity index (χ0) is 12.6. The van der Waals surface area contributed by atoms with Crippen LogP contribution in [0.15, 0.2) is 12.2 Å². The molecule has 0 N–H and O–H groups in total. The maximum absolute atomic E-state index is 2.57. The first-order chi connectivity index (χ1) is 7.89. The Balaban J connectivity index is 2.02. The number of rotatable bonds is 2. The van der Waals surface area contributed by atoms with Gasteiger partial charge in [-0.05, 0) is 0 Å². The van der Waals surface area contributed by atoms with E-state index in [4.69, 9.17) is 0 Å². The molecular formula is C13H27BN2Sn. The van der Waals surface area contributed by atoms with Crippen LogP contribution in [0.1, 0.15) is 12.8 Å². The molecule has 0 amide bonds. The van der Waals surface area contributed by atoms with Crippen molar-refractivity contribution in [1.82, 2.24) is 9.62 Å². The second-order valence-corrected chi connectivity index (χ2v) is 22.6. The van der Waals surface area contributed by atoms with E-state index in [-0.39, 0.29) is 0 Å². The predicted octanol–water partition coefficient (Wildman–Crippen LogP) is 2.78. The van der Waals surface area contributed by atoms with E-state index < -0.39 is 18.4 Å². The number of allylic oxidation sites excluding steroid dienone is 2. The Bertz CT molecular complexity index is 290. The van der Waals surface area contributed by atoms with E-state index >= 15 is 0 Å². The summed E-state index contributed by atoms with van der Waals surface area (Å²) in [5.74, 6) is 0.761. The summed E-state index contributed by atoms with van der Waals surface area (Å²) in [4.78, 5) is 12.7. The van der Waals surface area contributed by atoms with Gasteiger partial charge in [-0.2, -0.15) is 0 Å². The number of likely N-dealkylation sites (N-methyl/N-ethyl adjacent to an activating group) is 2. The molecule has 4 heteroatoms. The fraction of sp³-hybridized carbons (Fsp3) is 0.846. The van der Waals surface area contributed by atoms with Crippen LogP contribution in [-0.2, 0) is 0 Å². The van der Waals surface area contributed by atoms with Gasteiger partial charge in [0.2, 0.25) is 0 Å². The Morgan fingerprint density at radius 3 is 2.00 bits per heavy atom. The van der Waals surface area contributed by atoms with Gasteiger partial charge in [0.15, 0.2) is 0 Å². The van der Waals surface area contributed by atoms with Gasteiger partial charge in [0.25, 0.3) is 0 Å². The van der Waals surface area contributed by atoms with Gasteiger partial charge in [0.05, 0.1) is 0 Å². The zero-order valence-corrected chi connectivity index (χ0v) is 15.0. The van der Waals surface area contributed by atoms with Crippen molar-refractivity contribution in [2.24, 2.45) is 0 Å². The van der Waals surface area contributed by atoms with Crippen LogP contribution >= 0.6 is 0 Å². The molecule has 0 bridgehead atoms. The van der Waals surface area contributed by atoms with Crippen molar-refractivity contribution in [2.45, 2.75) is 37.4 Å². The van der Waals surface area contributed by atoms with Crippen LogP contribution < -0.4 is 0 Å². The Kier molecular flexibility index (Phi) is 4.31. The second kappa shape index (κ2) is 5.26. The summed E-state index contributed by atoms with van der Waals surface area (Å²) in [6.07, 6.45) is 7.96. The van der Waals surface area contributed by atoms with Crippen LogP contribution in [0.4, 0.5) is 0 Å². The number of nitrogens with zero attached hydrogens (tertiary/aromatic N) is 2. The van der Waals surface area contributed by atoms with Crippen LogP contribution in [0.25, 0.3) is 0 Å². The van der Waals surface area contributed by atoms with Gasteiger partial charge in [-0.15, -0.1) is 0 Å². The summed E-state index contributed by atoms with van der Waals surface area (Å²) in [5, 5.41) is 0. The summed E-state index contributed by atoms with van der Waals surface area (Å²) in [6, 6.07) is 0. The molecule has 2 aliphatic rings. The predicted molar refractivity (Wildman–Crippen MR) is 80.2 cm³/mol. The zero-order valence-electron chi connectivity index (χ0n) is 12.1. The molecule has 2 unspecified atom stereocenters. The number of hydrogen-bond donors (Lipinski definition) is 0. The van der Waals surface area contributed by atoms with Crippen molar-refractivity contribution in [3.05, 3.63) is 12.2 Å². The third kappa shape index (κ3) is 3.10. The average molecular weight is 341 g/mol. The monoisotopic (exact) mass is 342 g/mol. The molecule has 0 aromatic heterocycles. The van der Waals surface area contributed by atoms with Crippen molar-refractivity contribution < 1.29 is 0 Å². The first kappa shape index (κ1) is 13.9. The molecule has 1 saturated heterocycles. The van der Waals surface area contributed by atoms with Gasteiger partial charge in [0, 0.05) is 0 Å². The minimum atomic E-state index is -1.69. The molecule has 96 valence electrons. The van der Waals surface area contributed by atoms with Crippen molar-refractivity contribution in [3.63, 3.8) is 0 Å². The summed E-state index contributed by atoms with van der Waals surface area (Å²) >= 11 is -1.69. The summed E-state index contributed by atoms with van der Waals surface area (Å²) in [7, 11) is 4.55. The molecule has 1 aliphatic carbocycles. The molecule has 17 heavy (non-hydrogen) atoms. The molecule has 2 nitrogen and oxygen atoms in total. The Hall–Kier alpha value is 0.524. The van der Waals surface area contributed by atoms with E-state index in [1.807, 2.05) is 0 Å². The molecule has 2 rings (SSSR count). The molecule has 1 fully saturated rings. The van der Waals surface area contributed by atoms with E-state index in [0.29, 0.717) is 6.98 Å². The first-order valence-electron chi connectivity index (χ1n) is 6.98. The Morgan fingerprint density at radius 1 is 1.00 bits per heavy atom. The fourth-order valence-corrected chi connectivity index (χ4v) is 8.29.